The van der Waals surface area contributed by atoms with Gasteiger partial charge in [0, 0.05) is 23.2 Å². The molecule has 0 spiro atoms. The maximum absolute atomic E-state index is 13.9. The van der Waals surface area contributed by atoms with Crippen LogP contribution in [0.1, 0.15) is 18.2 Å². The number of rotatable bonds is 2. The van der Waals surface area contributed by atoms with Gasteiger partial charge in [0.25, 0.3) is 0 Å². The topological polar surface area (TPSA) is 24.9 Å². The van der Waals surface area contributed by atoms with Crippen LogP contribution in [0.15, 0.2) is 12.1 Å². The summed E-state index contributed by atoms with van der Waals surface area (Å²) in [6.07, 6.45) is -4.66. The van der Waals surface area contributed by atoms with Crippen LogP contribution in [0.5, 0.6) is 0 Å². The zero-order valence-electron chi connectivity index (χ0n) is 10.7. The standard InChI is InChI=1S/C13H11ClF4N2/c1-3-19-10-6(2)12(13(16,17)18)20-11-7(10)4-5-8(14)9(11)15/h4-5H,3H2,1-2H3,(H,19,20). The van der Waals surface area contributed by atoms with Crippen LogP contribution in [-0.4, -0.2) is 11.5 Å². The average Bonchev–Trinajstić information content (AvgIpc) is 2.35. The molecule has 1 N–H and O–H groups in total. The molecule has 0 amide bonds. The zero-order chi connectivity index (χ0) is 15.1. The molecule has 0 fully saturated rings. The molecule has 1 heterocycles. The minimum atomic E-state index is -4.66. The van der Waals surface area contributed by atoms with Crippen molar-refractivity contribution in [3.05, 3.63) is 34.2 Å². The highest BCUT2D eigenvalue weighted by molar-refractivity contribution is 6.31. The molecule has 7 heteroatoms. The minimum absolute atomic E-state index is 0.0615. The van der Waals surface area contributed by atoms with Crippen LogP contribution in [0.3, 0.4) is 0 Å². The third kappa shape index (κ3) is 2.40. The molecule has 0 saturated heterocycles. The Hall–Kier alpha value is -1.56. The van der Waals surface area contributed by atoms with Crippen LogP contribution in [0.2, 0.25) is 5.02 Å². The average molecular weight is 307 g/mol. The van der Waals surface area contributed by atoms with E-state index in [4.69, 9.17) is 11.6 Å². The molecule has 2 aromatic rings. The summed E-state index contributed by atoms with van der Waals surface area (Å²) in [7, 11) is 0. The van der Waals surface area contributed by atoms with Gasteiger partial charge in [0.1, 0.15) is 11.2 Å². The van der Waals surface area contributed by atoms with E-state index in [0.717, 1.165) is 0 Å². The summed E-state index contributed by atoms with van der Waals surface area (Å²) in [5.74, 6) is -0.950. The second-order valence-electron chi connectivity index (χ2n) is 4.25. The summed E-state index contributed by atoms with van der Waals surface area (Å²) in [5.41, 5.74) is -1.33. The SMILES string of the molecule is CCNc1c(C)c(C(F)(F)F)nc2c(F)c(Cl)ccc12. The van der Waals surface area contributed by atoms with Crippen molar-refractivity contribution >= 4 is 28.2 Å². The van der Waals surface area contributed by atoms with Crippen molar-refractivity contribution in [3.8, 4) is 0 Å². The third-order valence-corrected chi connectivity index (χ3v) is 3.21. The van der Waals surface area contributed by atoms with Crippen molar-refractivity contribution in [2.75, 3.05) is 11.9 Å². The number of halogens is 5. The second-order valence-corrected chi connectivity index (χ2v) is 4.65. The van der Waals surface area contributed by atoms with Crippen LogP contribution >= 0.6 is 11.6 Å². The number of nitrogens with zero attached hydrogens (tertiary/aromatic N) is 1. The molecule has 0 aliphatic carbocycles. The summed E-state index contributed by atoms with van der Waals surface area (Å²) >= 11 is 5.61. The Labute approximate surface area is 117 Å². The van der Waals surface area contributed by atoms with Gasteiger partial charge in [0.2, 0.25) is 0 Å². The molecule has 108 valence electrons. The molecule has 1 aromatic carbocycles. The van der Waals surface area contributed by atoms with Crippen LogP contribution in [0.4, 0.5) is 23.2 Å². The zero-order valence-corrected chi connectivity index (χ0v) is 11.5. The first-order chi connectivity index (χ1) is 9.27. The van der Waals surface area contributed by atoms with Gasteiger partial charge in [0.15, 0.2) is 5.82 Å². The molecule has 2 rings (SSSR count). The summed E-state index contributed by atoms with van der Waals surface area (Å²) in [4.78, 5) is 3.42. The van der Waals surface area contributed by atoms with E-state index in [1.807, 2.05) is 0 Å². The van der Waals surface area contributed by atoms with Gasteiger partial charge in [-0.15, -0.1) is 0 Å². The number of hydrogen-bond acceptors (Lipinski definition) is 2. The molecule has 0 aliphatic heterocycles. The molecular formula is C13H11ClF4N2. The van der Waals surface area contributed by atoms with Gasteiger partial charge in [-0.1, -0.05) is 11.6 Å². The Balaban J connectivity index is 2.91. The van der Waals surface area contributed by atoms with Crippen molar-refractivity contribution < 1.29 is 17.6 Å². The van der Waals surface area contributed by atoms with Gasteiger partial charge in [-0.05, 0) is 26.0 Å². The fourth-order valence-electron chi connectivity index (χ4n) is 2.05. The van der Waals surface area contributed by atoms with Crippen LogP contribution in [-0.2, 0) is 6.18 Å². The number of nitrogens with one attached hydrogen (secondary N) is 1. The van der Waals surface area contributed by atoms with Gasteiger partial charge in [0.05, 0.1) is 5.02 Å². The van der Waals surface area contributed by atoms with Crippen LogP contribution < -0.4 is 5.32 Å². The Morgan fingerprint density at radius 3 is 2.50 bits per heavy atom. The molecule has 2 nitrogen and oxygen atoms in total. The highest BCUT2D eigenvalue weighted by Crippen LogP contribution is 2.38. The number of pyridine rings is 1. The number of alkyl halides is 3. The molecule has 0 atom stereocenters. The van der Waals surface area contributed by atoms with Gasteiger partial charge in [-0.3, -0.25) is 0 Å². The number of benzene rings is 1. The highest BCUT2D eigenvalue weighted by Gasteiger charge is 2.36. The van der Waals surface area contributed by atoms with Gasteiger partial charge in [-0.2, -0.15) is 13.2 Å². The van der Waals surface area contributed by atoms with Crippen molar-refractivity contribution in [1.29, 1.82) is 0 Å². The predicted molar refractivity (Wildman–Crippen MR) is 70.6 cm³/mol. The van der Waals surface area contributed by atoms with E-state index in [9.17, 15) is 17.6 Å². The quantitative estimate of drug-likeness (QED) is 0.807. The lowest BCUT2D eigenvalue weighted by Gasteiger charge is -2.17. The summed E-state index contributed by atoms with van der Waals surface area (Å²) in [6.45, 7) is 3.45. The van der Waals surface area contributed by atoms with E-state index in [1.165, 1.54) is 19.1 Å². The van der Waals surface area contributed by atoms with E-state index >= 15 is 0 Å². The Kier molecular flexibility index (Phi) is 3.77. The van der Waals surface area contributed by atoms with E-state index in [-0.39, 0.29) is 27.2 Å². The first-order valence-electron chi connectivity index (χ1n) is 5.86. The van der Waals surface area contributed by atoms with E-state index in [0.29, 0.717) is 6.54 Å². The minimum Gasteiger partial charge on any atom is -0.385 e. The van der Waals surface area contributed by atoms with Gasteiger partial charge < -0.3 is 5.32 Å². The normalized spacial score (nSPS) is 11.9. The van der Waals surface area contributed by atoms with E-state index in [2.05, 4.69) is 10.3 Å². The number of aromatic nitrogens is 1. The molecule has 0 radical (unpaired) electrons. The highest BCUT2D eigenvalue weighted by atomic mass is 35.5. The van der Waals surface area contributed by atoms with E-state index < -0.39 is 17.7 Å². The van der Waals surface area contributed by atoms with Crippen molar-refractivity contribution in [2.24, 2.45) is 0 Å². The monoisotopic (exact) mass is 306 g/mol. The molecule has 0 aliphatic rings. The number of hydrogen-bond donors (Lipinski definition) is 1. The Bertz CT molecular complexity index is 668. The lowest BCUT2D eigenvalue weighted by molar-refractivity contribution is -0.141. The van der Waals surface area contributed by atoms with Crippen molar-refractivity contribution in [1.82, 2.24) is 4.98 Å². The lowest BCUT2D eigenvalue weighted by Crippen LogP contribution is -2.14. The number of anilines is 1. The number of fused-ring (bicyclic) bond motifs is 1. The largest absolute Gasteiger partial charge is 0.433 e. The molecule has 0 unspecified atom stereocenters. The summed E-state index contributed by atoms with van der Waals surface area (Å²) < 4.78 is 52.9. The molecule has 20 heavy (non-hydrogen) atoms. The Morgan fingerprint density at radius 1 is 1.30 bits per heavy atom. The van der Waals surface area contributed by atoms with Crippen LogP contribution in [0, 0.1) is 12.7 Å². The smallest absolute Gasteiger partial charge is 0.385 e. The van der Waals surface area contributed by atoms with Crippen molar-refractivity contribution in [2.45, 2.75) is 20.0 Å². The second kappa shape index (κ2) is 5.09. The fourth-order valence-corrected chi connectivity index (χ4v) is 2.20. The lowest BCUT2D eigenvalue weighted by atomic mass is 10.1. The molecule has 0 saturated carbocycles. The first-order valence-corrected chi connectivity index (χ1v) is 6.24. The first kappa shape index (κ1) is 14.8. The maximum atomic E-state index is 13.9. The molecule has 1 aromatic heterocycles. The van der Waals surface area contributed by atoms with Crippen molar-refractivity contribution in [3.63, 3.8) is 0 Å². The summed E-state index contributed by atoms with van der Waals surface area (Å²) in [5, 5.41) is 2.85. The molecule has 0 bridgehead atoms. The maximum Gasteiger partial charge on any atom is 0.433 e. The summed E-state index contributed by atoms with van der Waals surface area (Å²) in [6, 6.07) is 2.76. The van der Waals surface area contributed by atoms with Gasteiger partial charge in [-0.25, -0.2) is 9.37 Å². The third-order valence-electron chi connectivity index (χ3n) is 2.91. The van der Waals surface area contributed by atoms with Crippen LogP contribution in [0.25, 0.3) is 10.9 Å². The Morgan fingerprint density at radius 2 is 1.95 bits per heavy atom. The van der Waals surface area contributed by atoms with E-state index in [1.54, 1.807) is 6.92 Å². The van der Waals surface area contributed by atoms with Gasteiger partial charge >= 0.3 is 6.18 Å². The fraction of sp³-hybridized carbons (Fsp3) is 0.308. The predicted octanol–water partition coefficient (Wildman–Crippen LogP) is 4.79. The molecular weight excluding hydrogens is 296 g/mol.